The lowest BCUT2D eigenvalue weighted by Gasteiger charge is -2.00. The van der Waals surface area contributed by atoms with Gasteiger partial charge in [-0.1, -0.05) is 0 Å². The molecule has 0 atom stereocenters. The van der Waals surface area contributed by atoms with E-state index in [0.717, 1.165) is 12.1 Å². The summed E-state index contributed by atoms with van der Waals surface area (Å²) >= 11 is 0. The summed E-state index contributed by atoms with van der Waals surface area (Å²) in [4.78, 5) is 21.5. The first-order chi connectivity index (χ1) is 7.00. The van der Waals surface area contributed by atoms with Crippen molar-refractivity contribution in [3.05, 3.63) is 29.6 Å². The molecule has 1 aromatic rings. The lowest BCUT2D eigenvalue weighted by Crippen LogP contribution is -2.03. The fraction of sp³-hybridized carbons (Fsp3) is 0.200. The average Bonchev–Trinajstić information content (AvgIpc) is 2.18. The number of Topliss-reactive ketones (excluding diaryl/α,β-unsaturated/α-hetero) is 1. The van der Waals surface area contributed by atoms with E-state index < -0.39 is 23.3 Å². The van der Waals surface area contributed by atoms with Gasteiger partial charge in [0.1, 0.15) is 0 Å². The van der Waals surface area contributed by atoms with E-state index in [1.165, 1.54) is 6.07 Å². The third-order valence-corrected chi connectivity index (χ3v) is 1.83. The van der Waals surface area contributed by atoms with E-state index >= 15 is 0 Å². The minimum atomic E-state index is -1.07. The van der Waals surface area contributed by atoms with Gasteiger partial charge < -0.3 is 10.2 Å². The smallest absolute Gasteiger partial charge is 0.303 e. The zero-order chi connectivity index (χ0) is 11.4. The van der Waals surface area contributed by atoms with Crippen LogP contribution in [-0.2, 0) is 4.79 Å². The summed E-state index contributed by atoms with van der Waals surface area (Å²) in [6.45, 7) is 0. The van der Waals surface area contributed by atoms with Crippen molar-refractivity contribution in [3.8, 4) is 5.75 Å². The molecule has 0 amide bonds. The molecule has 0 unspecified atom stereocenters. The highest BCUT2D eigenvalue weighted by Crippen LogP contribution is 2.18. The van der Waals surface area contributed by atoms with Gasteiger partial charge in [0.05, 0.1) is 6.42 Å². The quantitative estimate of drug-likeness (QED) is 0.743. The van der Waals surface area contributed by atoms with Crippen LogP contribution in [-0.4, -0.2) is 22.0 Å². The zero-order valence-corrected chi connectivity index (χ0v) is 7.74. The maximum Gasteiger partial charge on any atom is 0.303 e. The standard InChI is InChI=1S/C10H9FO4/c11-7-2-1-6(5-9(7)13)8(12)3-4-10(14)15/h1-2,5,13H,3-4H2,(H,14,15). The Morgan fingerprint density at radius 1 is 1.27 bits per heavy atom. The predicted octanol–water partition coefficient (Wildman–Crippen LogP) is 1.58. The molecule has 0 saturated heterocycles. The second-order valence-corrected chi connectivity index (χ2v) is 2.98. The summed E-state index contributed by atoms with van der Waals surface area (Å²) in [6.07, 6.45) is -0.447. The monoisotopic (exact) mass is 212 g/mol. The summed E-state index contributed by atoms with van der Waals surface area (Å²) < 4.78 is 12.6. The number of benzene rings is 1. The van der Waals surface area contributed by atoms with Crippen molar-refractivity contribution in [1.82, 2.24) is 0 Å². The van der Waals surface area contributed by atoms with Crippen molar-refractivity contribution < 1.29 is 24.2 Å². The van der Waals surface area contributed by atoms with Crippen LogP contribution in [0.25, 0.3) is 0 Å². The molecule has 4 nitrogen and oxygen atoms in total. The molecule has 0 fully saturated rings. The number of hydrogen-bond acceptors (Lipinski definition) is 3. The molecule has 0 saturated carbocycles. The summed E-state index contributed by atoms with van der Waals surface area (Å²) in [7, 11) is 0. The number of aromatic hydroxyl groups is 1. The van der Waals surface area contributed by atoms with Crippen molar-refractivity contribution in [3.63, 3.8) is 0 Å². The van der Waals surface area contributed by atoms with Crippen LogP contribution in [0.1, 0.15) is 23.2 Å². The van der Waals surface area contributed by atoms with Crippen molar-refractivity contribution in [2.24, 2.45) is 0 Å². The molecule has 0 heterocycles. The molecule has 0 aromatic heterocycles. The highest BCUT2D eigenvalue weighted by Gasteiger charge is 2.10. The van der Waals surface area contributed by atoms with E-state index in [9.17, 15) is 14.0 Å². The van der Waals surface area contributed by atoms with Crippen molar-refractivity contribution in [2.75, 3.05) is 0 Å². The molecule has 0 spiro atoms. The van der Waals surface area contributed by atoms with Gasteiger partial charge in [0, 0.05) is 12.0 Å². The topological polar surface area (TPSA) is 74.6 Å². The normalized spacial score (nSPS) is 9.93. The van der Waals surface area contributed by atoms with Gasteiger partial charge in [-0.05, 0) is 18.2 Å². The van der Waals surface area contributed by atoms with E-state index in [1.807, 2.05) is 0 Å². The van der Waals surface area contributed by atoms with Crippen molar-refractivity contribution in [1.29, 1.82) is 0 Å². The fourth-order valence-corrected chi connectivity index (χ4v) is 1.05. The van der Waals surface area contributed by atoms with Gasteiger partial charge in [-0.2, -0.15) is 0 Å². The Bertz CT molecular complexity index is 400. The summed E-state index contributed by atoms with van der Waals surface area (Å²) in [5, 5.41) is 17.3. The van der Waals surface area contributed by atoms with Crippen LogP contribution in [0.4, 0.5) is 4.39 Å². The molecule has 0 aliphatic rings. The van der Waals surface area contributed by atoms with Gasteiger partial charge in [-0.25, -0.2) is 4.39 Å². The van der Waals surface area contributed by atoms with Gasteiger partial charge in [0.15, 0.2) is 17.3 Å². The third-order valence-electron chi connectivity index (χ3n) is 1.83. The van der Waals surface area contributed by atoms with Crippen LogP contribution < -0.4 is 0 Å². The number of carbonyl (C=O) groups is 2. The second kappa shape index (κ2) is 4.54. The molecule has 2 N–H and O–H groups in total. The van der Waals surface area contributed by atoms with E-state index in [-0.39, 0.29) is 18.4 Å². The van der Waals surface area contributed by atoms with Crippen LogP contribution in [0.2, 0.25) is 0 Å². The van der Waals surface area contributed by atoms with Gasteiger partial charge in [0.2, 0.25) is 0 Å². The first kappa shape index (κ1) is 11.2. The molecule has 80 valence electrons. The molecule has 1 aromatic carbocycles. The van der Waals surface area contributed by atoms with Crippen molar-refractivity contribution >= 4 is 11.8 Å². The lowest BCUT2D eigenvalue weighted by atomic mass is 10.1. The number of phenols is 1. The Morgan fingerprint density at radius 3 is 2.47 bits per heavy atom. The number of carboxylic acid groups (broad SMARTS) is 1. The van der Waals surface area contributed by atoms with Gasteiger partial charge >= 0.3 is 5.97 Å². The number of carbonyl (C=O) groups excluding carboxylic acids is 1. The van der Waals surface area contributed by atoms with Gasteiger partial charge in [-0.3, -0.25) is 9.59 Å². The summed E-state index contributed by atoms with van der Waals surface area (Å²) in [6, 6.07) is 3.15. The highest BCUT2D eigenvalue weighted by molar-refractivity contribution is 5.97. The number of carboxylic acids is 1. The number of ketones is 1. The average molecular weight is 212 g/mol. The largest absolute Gasteiger partial charge is 0.505 e. The third kappa shape index (κ3) is 3.05. The van der Waals surface area contributed by atoms with Crippen LogP contribution in [0.3, 0.4) is 0 Å². The number of halogens is 1. The number of phenolic OH excluding ortho intramolecular Hbond substituents is 1. The molecular weight excluding hydrogens is 203 g/mol. The first-order valence-corrected chi connectivity index (χ1v) is 4.24. The number of rotatable bonds is 4. The molecule has 0 aliphatic carbocycles. The minimum Gasteiger partial charge on any atom is -0.505 e. The summed E-state index contributed by atoms with van der Waals surface area (Å²) in [5.74, 6) is -2.94. The van der Waals surface area contributed by atoms with E-state index in [1.54, 1.807) is 0 Å². The molecule has 15 heavy (non-hydrogen) atoms. The predicted molar refractivity (Wildman–Crippen MR) is 49.3 cm³/mol. The van der Waals surface area contributed by atoms with Crippen LogP contribution >= 0.6 is 0 Å². The van der Waals surface area contributed by atoms with E-state index in [2.05, 4.69) is 0 Å². The Morgan fingerprint density at radius 2 is 1.93 bits per heavy atom. The molecular formula is C10H9FO4. The summed E-state index contributed by atoms with van der Waals surface area (Å²) in [5.41, 5.74) is 0.107. The van der Waals surface area contributed by atoms with Crippen molar-refractivity contribution in [2.45, 2.75) is 12.8 Å². The maximum absolute atomic E-state index is 12.6. The lowest BCUT2D eigenvalue weighted by molar-refractivity contribution is -0.136. The van der Waals surface area contributed by atoms with Crippen LogP contribution in [0, 0.1) is 5.82 Å². The molecule has 1 rings (SSSR count). The molecule has 0 bridgehead atoms. The van der Waals surface area contributed by atoms with Gasteiger partial charge in [-0.15, -0.1) is 0 Å². The number of hydrogen-bond donors (Lipinski definition) is 2. The Labute approximate surface area is 85.0 Å². The van der Waals surface area contributed by atoms with Gasteiger partial charge in [0.25, 0.3) is 0 Å². The van der Waals surface area contributed by atoms with E-state index in [4.69, 9.17) is 10.2 Å². The Balaban J connectivity index is 2.74. The Kier molecular flexibility index (Phi) is 3.38. The molecule has 5 heteroatoms. The Hall–Kier alpha value is -1.91. The number of aliphatic carboxylic acids is 1. The minimum absolute atomic E-state index is 0.107. The highest BCUT2D eigenvalue weighted by atomic mass is 19.1. The molecule has 0 radical (unpaired) electrons. The first-order valence-electron chi connectivity index (χ1n) is 4.24. The van der Waals surface area contributed by atoms with Crippen LogP contribution in [0.5, 0.6) is 5.75 Å². The SMILES string of the molecule is O=C(O)CCC(=O)c1ccc(F)c(O)c1. The fourth-order valence-electron chi connectivity index (χ4n) is 1.05. The molecule has 0 aliphatic heterocycles. The zero-order valence-electron chi connectivity index (χ0n) is 7.74. The van der Waals surface area contributed by atoms with Crippen LogP contribution in [0.15, 0.2) is 18.2 Å². The van der Waals surface area contributed by atoms with E-state index in [0.29, 0.717) is 0 Å². The maximum atomic E-state index is 12.6. The second-order valence-electron chi connectivity index (χ2n) is 2.98.